The first kappa shape index (κ1) is 27.2. The highest BCUT2D eigenvalue weighted by Gasteiger charge is 2.30. The number of halogens is 2. The second kappa shape index (κ2) is 14.2. The fraction of sp³-hybridized carbons (Fsp3) is 0.310. The Labute approximate surface area is 217 Å². The van der Waals surface area contributed by atoms with Crippen LogP contribution in [0, 0.1) is 5.82 Å². The van der Waals surface area contributed by atoms with Crippen LogP contribution in [0.2, 0.25) is 5.02 Å². The highest BCUT2D eigenvalue weighted by Crippen LogP contribution is 2.19. The first-order valence-corrected chi connectivity index (χ1v) is 12.6. The predicted octanol–water partition coefficient (Wildman–Crippen LogP) is 5.80. The van der Waals surface area contributed by atoms with E-state index >= 15 is 0 Å². The summed E-state index contributed by atoms with van der Waals surface area (Å²) in [5.74, 6) is -0.224. The average molecular weight is 511 g/mol. The molecule has 3 aromatic rings. The second-order valence-corrected chi connectivity index (χ2v) is 8.95. The molecule has 0 aliphatic heterocycles. The molecule has 3 aromatic carbocycles. The van der Waals surface area contributed by atoms with Crippen molar-refractivity contribution in [3.05, 3.63) is 101 Å². The van der Waals surface area contributed by atoms with Gasteiger partial charge in [-0.1, -0.05) is 67.1 Å². The number of hydrogen-bond acceptors (Lipinski definition) is 3. The summed E-state index contributed by atoms with van der Waals surface area (Å²) in [6.07, 6.45) is 1.71. The summed E-state index contributed by atoms with van der Waals surface area (Å²) in [5.41, 5.74) is 1.29. The number of hydrogen-bond donors (Lipinski definition) is 1. The molecule has 190 valence electrons. The lowest BCUT2D eigenvalue weighted by molar-refractivity contribution is -0.141. The fourth-order valence-corrected chi connectivity index (χ4v) is 3.94. The van der Waals surface area contributed by atoms with Crippen molar-refractivity contribution >= 4 is 23.4 Å². The molecule has 1 atom stereocenters. The van der Waals surface area contributed by atoms with Gasteiger partial charge in [0.2, 0.25) is 11.8 Å². The molecule has 0 aliphatic carbocycles. The van der Waals surface area contributed by atoms with Crippen molar-refractivity contribution in [1.29, 1.82) is 0 Å². The molecule has 0 aromatic heterocycles. The molecule has 0 spiro atoms. The highest BCUT2D eigenvalue weighted by atomic mass is 35.5. The van der Waals surface area contributed by atoms with Crippen LogP contribution in [-0.4, -0.2) is 35.9 Å². The van der Waals surface area contributed by atoms with Crippen molar-refractivity contribution in [3.8, 4) is 5.75 Å². The largest absolute Gasteiger partial charge is 0.494 e. The molecular weight excluding hydrogens is 479 g/mol. The van der Waals surface area contributed by atoms with E-state index in [9.17, 15) is 14.0 Å². The fourth-order valence-electron chi connectivity index (χ4n) is 3.82. The highest BCUT2D eigenvalue weighted by molar-refractivity contribution is 6.30. The molecule has 36 heavy (non-hydrogen) atoms. The molecule has 0 saturated carbocycles. The third kappa shape index (κ3) is 8.38. The summed E-state index contributed by atoms with van der Waals surface area (Å²) < 4.78 is 20.3. The molecule has 0 aliphatic rings. The van der Waals surface area contributed by atoms with Gasteiger partial charge in [0.15, 0.2) is 0 Å². The van der Waals surface area contributed by atoms with Gasteiger partial charge in [-0.2, -0.15) is 0 Å². The smallest absolute Gasteiger partial charge is 0.243 e. The molecule has 0 saturated heterocycles. The maximum Gasteiger partial charge on any atom is 0.243 e. The zero-order chi connectivity index (χ0) is 25.8. The molecule has 2 amide bonds. The average Bonchev–Trinajstić information content (AvgIpc) is 2.89. The van der Waals surface area contributed by atoms with Gasteiger partial charge in [0.1, 0.15) is 17.6 Å². The van der Waals surface area contributed by atoms with Crippen LogP contribution in [0.4, 0.5) is 4.39 Å². The molecule has 0 heterocycles. The number of nitrogens with zero attached hydrogens (tertiary/aromatic N) is 1. The van der Waals surface area contributed by atoms with Gasteiger partial charge in [0, 0.05) is 36.5 Å². The van der Waals surface area contributed by atoms with E-state index in [0.29, 0.717) is 42.3 Å². The summed E-state index contributed by atoms with van der Waals surface area (Å²) in [4.78, 5) is 28.2. The van der Waals surface area contributed by atoms with Gasteiger partial charge >= 0.3 is 0 Å². The quantitative estimate of drug-likeness (QED) is 0.295. The van der Waals surface area contributed by atoms with E-state index < -0.39 is 11.9 Å². The van der Waals surface area contributed by atoms with E-state index in [1.807, 2.05) is 37.3 Å². The number of carbonyl (C=O) groups is 2. The molecule has 0 bridgehead atoms. The predicted molar refractivity (Wildman–Crippen MR) is 140 cm³/mol. The zero-order valence-corrected chi connectivity index (χ0v) is 21.2. The van der Waals surface area contributed by atoms with E-state index in [-0.39, 0.29) is 24.8 Å². The molecule has 0 radical (unpaired) electrons. The summed E-state index contributed by atoms with van der Waals surface area (Å²) in [7, 11) is 0. The Kier molecular flexibility index (Phi) is 10.8. The summed E-state index contributed by atoms with van der Waals surface area (Å²) >= 11 is 5.91. The van der Waals surface area contributed by atoms with E-state index in [1.165, 1.54) is 11.0 Å². The van der Waals surface area contributed by atoms with Crippen molar-refractivity contribution < 1.29 is 18.7 Å². The molecule has 3 rings (SSSR count). The Bertz CT molecular complexity index is 1110. The van der Waals surface area contributed by atoms with Crippen molar-refractivity contribution in [3.63, 3.8) is 0 Å². The first-order valence-electron chi connectivity index (χ1n) is 12.2. The summed E-state index contributed by atoms with van der Waals surface area (Å²) in [6, 6.07) is 22.1. The number of carbonyl (C=O) groups excluding carboxylic acids is 2. The van der Waals surface area contributed by atoms with Gasteiger partial charge in [-0.05, 0) is 48.7 Å². The summed E-state index contributed by atoms with van der Waals surface area (Å²) in [5, 5.41) is 3.54. The first-order chi connectivity index (χ1) is 17.5. The van der Waals surface area contributed by atoms with Gasteiger partial charge in [-0.25, -0.2) is 4.39 Å². The summed E-state index contributed by atoms with van der Waals surface area (Å²) in [6.45, 7) is 2.79. The lowest BCUT2D eigenvalue weighted by atomic mass is 10.0. The van der Waals surface area contributed by atoms with Gasteiger partial charge in [0.25, 0.3) is 0 Å². The number of ether oxygens (including phenoxy) is 1. The Morgan fingerprint density at radius 2 is 1.69 bits per heavy atom. The van der Waals surface area contributed by atoms with Crippen LogP contribution in [0.25, 0.3) is 0 Å². The third-order valence-electron chi connectivity index (χ3n) is 5.74. The van der Waals surface area contributed by atoms with E-state index in [4.69, 9.17) is 16.3 Å². The zero-order valence-electron chi connectivity index (χ0n) is 20.5. The topological polar surface area (TPSA) is 58.6 Å². The Balaban J connectivity index is 1.78. The minimum Gasteiger partial charge on any atom is -0.494 e. The maximum atomic E-state index is 14.6. The van der Waals surface area contributed by atoms with Gasteiger partial charge in [0.05, 0.1) is 6.61 Å². The number of benzene rings is 3. The van der Waals surface area contributed by atoms with Crippen molar-refractivity contribution in [2.75, 3.05) is 13.2 Å². The normalized spacial score (nSPS) is 11.5. The second-order valence-electron chi connectivity index (χ2n) is 8.52. The molecule has 1 unspecified atom stereocenters. The minimum absolute atomic E-state index is 0.000589. The lowest BCUT2D eigenvalue weighted by Gasteiger charge is -2.31. The van der Waals surface area contributed by atoms with Gasteiger partial charge < -0.3 is 15.0 Å². The Hall–Kier alpha value is -3.38. The van der Waals surface area contributed by atoms with Gasteiger partial charge in [-0.3, -0.25) is 9.59 Å². The monoisotopic (exact) mass is 510 g/mol. The number of amides is 2. The molecule has 0 fully saturated rings. The van der Waals surface area contributed by atoms with E-state index in [2.05, 4.69) is 5.32 Å². The van der Waals surface area contributed by atoms with Crippen LogP contribution in [0.1, 0.15) is 37.3 Å². The maximum absolute atomic E-state index is 14.6. The van der Waals surface area contributed by atoms with Crippen molar-refractivity contribution in [1.82, 2.24) is 10.2 Å². The van der Waals surface area contributed by atoms with Crippen molar-refractivity contribution in [2.24, 2.45) is 0 Å². The van der Waals surface area contributed by atoms with Crippen LogP contribution >= 0.6 is 11.6 Å². The molecule has 1 N–H and O–H groups in total. The minimum atomic E-state index is -0.775. The number of nitrogens with one attached hydrogen (secondary N) is 1. The molecule has 7 heteroatoms. The van der Waals surface area contributed by atoms with Crippen LogP contribution in [0.3, 0.4) is 0 Å². The van der Waals surface area contributed by atoms with Gasteiger partial charge in [-0.15, -0.1) is 0 Å². The van der Waals surface area contributed by atoms with Crippen LogP contribution in [0.15, 0.2) is 78.9 Å². The van der Waals surface area contributed by atoms with Crippen LogP contribution < -0.4 is 10.1 Å². The Morgan fingerprint density at radius 3 is 2.39 bits per heavy atom. The van der Waals surface area contributed by atoms with Crippen molar-refractivity contribution in [2.45, 2.75) is 45.2 Å². The number of rotatable bonds is 13. The third-order valence-corrected chi connectivity index (χ3v) is 5.99. The van der Waals surface area contributed by atoms with Crippen LogP contribution in [0.5, 0.6) is 5.75 Å². The van der Waals surface area contributed by atoms with E-state index in [0.717, 1.165) is 12.0 Å². The molecule has 5 nitrogen and oxygen atoms in total. The van der Waals surface area contributed by atoms with E-state index in [1.54, 1.807) is 42.5 Å². The molecular formula is C29H32ClFN2O3. The lowest BCUT2D eigenvalue weighted by Crippen LogP contribution is -2.50. The standard InChI is InChI=1S/C29H32ClFN2O3/c1-2-18-32-29(35)27(20-22-9-4-3-5-10-22)33(21-23-11-6-7-12-26(23)31)28(34)13-8-19-36-25-16-14-24(30)15-17-25/h3-7,9-12,14-17,27H,2,8,13,18-21H2,1H3,(H,32,35). The Morgan fingerprint density at radius 1 is 1.00 bits per heavy atom. The van der Waals surface area contributed by atoms with Crippen LogP contribution in [-0.2, 0) is 22.6 Å². The SMILES string of the molecule is CCCNC(=O)C(Cc1ccccc1)N(Cc1ccccc1F)C(=O)CCCOc1ccc(Cl)cc1.